The zero-order valence-electron chi connectivity index (χ0n) is 16.5. The van der Waals surface area contributed by atoms with Crippen molar-refractivity contribution in [2.24, 2.45) is 0 Å². The van der Waals surface area contributed by atoms with Gasteiger partial charge in [0.15, 0.2) is 11.5 Å². The fraction of sp³-hybridized carbons (Fsp3) is 0.500. The maximum Gasteiger partial charge on any atom is 0.336 e. The number of hydrogen-bond acceptors (Lipinski definition) is 3. The number of benzene rings is 2. The van der Waals surface area contributed by atoms with E-state index in [0.717, 1.165) is 41.2 Å². The van der Waals surface area contributed by atoms with Crippen LogP contribution in [0.15, 0.2) is 12.1 Å². The number of hydrogen-bond donors (Lipinski definition) is 1. The van der Waals surface area contributed by atoms with Gasteiger partial charge >= 0.3 is 5.97 Å². The third-order valence-corrected chi connectivity index (χ3v) is 5.69. The molecule has 0 fully saturated rings. The van der Waals surface area contributed by atoms with Crippen molar-refractivity contribution in [2.75, 3.05) is 14.2 Å². The van der Waals surface area contributed by atoms with Crippen molar-refractivity contribution in [1.82, 2.24) is 0 Å². The molecule has 4 nitrogen and oxygen atoms in total. The monoisotopic (exact) mass is 356 g/mol. The molecule has 0 amide bonds. The van der Waals surface area contributed by atoms with E-state index in [9.17, 15) is 9.90 Å². The van der Waals surface area contributed by atoms with Gasteiger partial charge in [0.2, 0.25) is 0 Å². The van der Waals surface area contributed by atoms with E-state index in [0.29, 0.717) is 17.1 Å². The molecule has 4 heteroatoms. The fourth-order valence-corrected chi connectivity index (χ4v) is 4.33. The van der Waals surface area contributed by atoms with Gasteiger partial charge in [-0.05, 0) is 53.9 Å². The van der Waals surface area contributed by atoms with Crippen LogP contribution in [0.25, 0.3) is 10.8 Å². The minimum Gasteiger partial charge on any atom is -0.493 e. The SMILES string of the molecule is COc1c(C(C)C)cc2c(C(=O)O)cc3c(c2c1OC)CCCC3(C)C. The van der Waals surface area contributed by atoms with Crippen molar-refractivity contribution in [3.63, 3.8) is 0 Å². The van der Waals surface area contributed by atoms with Gasteiger partial charge in [-0.15, -0.1) is 0 Å². The molecule has 0 unspecified atom stereocenters. The smallest absolute Gasteiger partial charge is 0.336 e. The van der Waals surface area contributed by atoms with E-state index >= 15 is 0 Å². The average molecular weight is 356 g/mol. The highest BCUT2D eigenvalue weighted by Crippen LogP contribution is 2.49. The van der Waals surface area contributed by atoms with Crippen LogP contribution in [0.5, 0.6) is 11.5 Å². The number of ether oxygens (including phenoxy) is 2. The largest absolute Gasteiger partial charge is 0.493 e. The minimum atomic E-state index is -0.902. The van der Waals surface area contributed by atoms with E-state index in [1.807, 2.05) is 12.1 Å². The number of carboxylic acid groups (broad SMARTS) is 1. The van der Waals surface area contributed by atoms with E-state index < -0.39 is 5.97 Å². The summed E-state index contributed by atoms with van der Waals surface area (Å²) in [5, 5.41) is 11.5. The molecule has 2 aromatic rings. The molecule has 0 saturated heterocycles. The molecule has 0 aromatic heterocycles. The third kappa shape index (κ3) is 2.72. The zero-order valence-corrected chi connectivity index (χ0v) is 16.5. The maximum atomic E-state index is 12.1. The number of aryl methyl sites for hydroxylation is 1. The van der Waals surface area contributed by atoms with E-state index in [2.05, 4.69) is 27.7 Å². The van der Waals surface area contributed by atoms with Gasteiger partial charge in [0.1, 0.15) is 0 Å². The van der Waals surface area contributed by atoms with Gasteiger partial charge in [0.05, 0.1) is 19.8 Å². The number of carboxylic acids is 1. The number of rotatable bonds is 4. The standard InChI is InChI=1S/C22H28O4/c1-12(2)14-10-15-16(21(23)24)11-17-13(8-7-9-22(17,3)4)18(15)20(26-6)19(14)25-5/h10-12H,7-9H2,1-6H3,(H,23,24). The predicted octanol–water partition coefficient (Wildman–Crippen LogP) is 5.29. The fourth-order valence-electron chi connectivity index (χ4n) is 4.33. The highest BCUT2D eigenvalue weighted by Gasteiger charge is 2.33. The molecule has 0 bridgehead atoms. The van der Waals surface area contributed by atoms with Gasteiger partial charge in [-0.25, -0.2) is 4.79 Å². The Morgan fingerprint density at radius 3 is 2.35 bits per heavy atom. The van der Waals surface area contributed by atoms with Crippen LogP contribution in [0.1, 0.15) is 73.5 Å². The maximum absolute atomic E-state index is 12.1. The summed E-state index contributed by atoms with van der Waals surface area (Å²) in [5.41, 5.74) is 3.57. The van der Waals surface area contributed by atoms with Crippen molar-refractivity contribution in [1.29, 1.82) is 0 Å². The molecular formula is C22H28O4. The molecule has 140 valence electrons. The van der Waals surface area contributed by atoms with E-state index in [1.54, 1.807) is 14.2 Å². The lowest BCUT2D eigenvalue weighted by Crippen LogP contribution is -2.25. The minimum absolute atomic E-state index is 0.0546. The highest BCUT2D eigenvalue weighted by atomic mass is 16.5. The van der Waals surface area contributed by atoms with Crippen LogP contribution in [-0.2, 0) is 11.8 Å². The molecule has 26 heavy (non-hydrogen) atoms. The zero-order chi connectivity index (χ0) is 19.2. The number of methoxy groups -OCH3 is 2. The number of fused-ring (bicyclic) bond motifs is 3. The molecular weight excluding hydrogens is 328 g/mol. The molecule has 1 N–H and O–H groups in total. The van der Waals surface area contributed by atoms with Crippen molar-refractivity contribution in [3.8, 4) is 11.5 Å². The Balaban J connectivity index is 2.56. The Hall–Kier alpha value is -2.23. The van der Waals surface area contributed by atoms with Crippen LogP contribution in [0.4, 0.5) is 0 Å². The van der Waals surface area contributed by atoms with E-state index in [4.69, 9.17) is 9.47 Å². The molecule has 0 radical (unpaired) electrons. The van der Waals surface area contributed by atoms with Crippen molar-refractivity contribution in [2.45, 2.75) is 58.3 Å². The lowest BCUT2D eigenvalue weighted by atomic mass is 9.70. The van der Waals surface area contributed by atoms with Gasteiger partial charge in [0, 0.05) is 16.3 Å². The summed E-state index contributed by atoms with van der Waals surface area (Å²) in [6, 6.07) is 3.86. The van der Waals surface area contributed by atoms with Gasteiger partial charge < -0.3 is 14.6 Å². The quantitative estimate of drug-likeness (QED) is 0.808. The van der Waals surface area contributed by atoms with Crippen molar-refractivity contribution >= 4 is 16.7 Å². The van der Waals surface area contributed by atoms with Gasteiger partial charge in [-0.1, -0.05) is 27.7 Å². The van der Waals surface area contributed by atoms with Crippen molar-refractivity contribution in [3.05, 3.63) is 34.4 Å². The van der Waals surface area contributed by atoms with Crippen LogP contribution >= 0.6 is 0 Å². The average Bonchev–Trinajstić information content (AvgIpc) is 2.58. The first-order valence-corrected chi connectivity index (χ1v) is 9.21. The Kier molecular flexibility index (Phi) is 4.63. The Labute approximate surface area is 155 Å². The molecule has 1 aliphatic rings. The van der Waals surface area contributed by atoms with E-state index in [-0.39, 0.29) is 11.3 Å². The van der Waals surface area contributed by atoms with Crippen LogP contribution in [0.2, 0.25) is 0 Å². The second-order valence-corrected chi connectivity index (χ2v) is 8.10. The Bertz CT molecular complexity index is 878. The molecule has 2 aromatic carbocycles. The molecule has 0 aliphatic heterocycles. The molecule has 0 saturated carbocycles. The second kappa shape index (κ2) is 6.49. The Morgan fingerprint density at radius 1 is 1.15 bits per heavy atom. The lowest BCUT2D eigenvalue weighted by Gasteiger charge is -2.34. The molecule has 0 atom stereocenters. The third-order valence-electron chi connectivity index (χ3n) is 5.69. The van der Waals surface area contributed by atoms with E-state index in [1.165, 1.54) is 5.56 Å². The first-order chi connectivity index (χ1) is 12.2. The summed E-state index contributed by atoms with van der Waals surface area (Å²) in [7, 11) is 3.28. The van der Waals surface area contributed by atoms with Crippen LogP contribution in [-0.4, -0.2) is 25.3 Å². The summed E-state index contributed by atoms with van der Waals surface area (Å²) in [5.74, 6) is 0.660. The summed E-state index contributed by atoms with van der Waals surface area (Å²) in [6.45, 7) is 8.53. The first-order valence-electron chi connectivity index (χ1n) is 9.21. The van der Waals surface area contributed by atoms with Gasteiger partial charge in [0.25, 0.3) is 0 Å². The summed E-state index contributed by atoms with van der Waals surface area (Å²) < 4.78 is 11.5. The first kappa shape index (κ1) is 18.6. The molecule has 0 spiro atoms. The lowest BCUT2D eigenvalue weighted by molar-refractivity contribution is 0.0699. The van der Waals surface area contributed by atoms with Gasteiger partial charge in [-0.3, -0.25) is 0 Å². The van der Waals surface area contributed by atoms with Crippen LogP contribution < -0.4 is 9.47 Å². The summed E-state index contributed by atoms with van der Waals surface area (Å²) >= 11 is 0. The second-order valence-electron chi connectivity index (χ2n) is 8.10. The summed E-state index contributed by atoms with van der Waals surface area (Å²) in [6.07, 6.45) is 3.06. The molecule has 0 heterocycles. The number of carbonyl (C=O) groups is 1. The normalized spacial score (nSPS) is 15.8. The molecule has 1 aliphatic carbocycles. The van der Waals surface area contributed by atoms with Crippen LogP contribution in [0, 0.1) is 0 Å². The number of aromatic carboxylic acids is 1. The van der Waals surface area contributed by atoms with Crippen molar-refractivity contribution < 1.29 is 19.4 Å². The topological polar surface area (TPSA) is 55.8 Å². The Morgan fingerprint density at radius 2 is 1.81 bits per heavy atom. The highest BCUT2D eigenvalue weighted by molar-refractivity contribution is 6.08. The summed E-state index contributed by atoms with van der Waals surface area (Å²) in [4.78, 5) is 12.1. The molecule has 3 rings (SSSR count). The van der Waals surface area contributed by atoms with Gasteiger partial charge in [-0.2, -0.15) is 0 Å². The van der Waals surface area contributed by atoms with Crippen LogP contribution in [0.3, 0.4) is 0 Å². The predicted molar refractivity (Wildman–Crippen MR) is 104 cm³/mol.